The predicted octanol–water partition coefficient (Wildman–Crippen LogP) is 3.57. The number of hydrogen-bond acceptors (Lipinski definition) is 5. The molecule has 0 saturated heterocycles. The van der Waals surface area contributed by atoms with Crippen molar-refractivity contribution in [1.82, 2.24) is 4.98 Å². The molecule has 1 aromatic heterocycles. The van der Waals surface area contributed by atoms with Crippen molar-refractivity contribution in [3.05, 3.63) is 33.8 Å². The number of anilines is 1. The lowest BCUT2D eigenvalue weighted by Gasteiger charge is -2.09. The van der Waals surface area contributed by atoms with E-state index in [9.17, 15) is 0 Å². The van der Waals surface area contributed by atoms with E-state index in [0.717, 1.165) is 11.3 Å². The van der Waals surface area contributed by atoms with Crippen LogP contribution in [0.2, 0.25) is 5.02 Å². The molecule has 6 heteroatoms. The minimum Gasteiger partial charge on any atom is -0.493 e. The number of methoxy groups -OCH3 is 2. The highest BCUT2D eigenvalue weighted by atomic mass is 35.5. The molecule has 19 heavy (non-hydrogen) atoms. The van der Waals surface area contributed by atoms with Crippen LogP contribution in [0.25, 0.3) is 12.2 Å². The van der Waals surface area contributed by atoms with Crippen LogP contribution in [0.3, 0.4) is 0 Å². The number of rotatable bonds is 4. The number of halogens is 1. The molecule has 0 amide bonds. The van der Waals surface area contributed by atoms with Gasteiger partial charge < -0.3 is 15.2 Å². The number of nitrogens with two attached hydrogens (primary N) is 1. The average molecular weight is 297 g/mol. The van der Waals surface area contributed by atoms with Gasteiger partial charge in [-0.1, -0.05) is 17.7 Å². The fraction of sp³-hybridized carbons (Fsp3) is 0.154. The van der Waals surface area contributed by atoms with Gasteiger partial charge in [-0.3, -0.25) is 0 Å². The highest BCUT2D eigenvalue weighted by Crippen LogP contribution is 2.33. The number of nitrogen functional groups attached to an aromatic ring is 1. The summed E-state index contributed by atoms with van der Waals surface area (Å²) in [4.78, 5) is 4.14. The second-order valence-electron chi connectivity index (χ2n) is 3.67. The first-order chi connectivity index (χ1) is 9.13. The number of aromatic nitrogens is 1. The molecule has 0 atom stereocenters. The van der Waals surface area contributed by atoms with Crippen LogP contribution in [-0.2, 0) is 0 Å². The van der Waals surface area contributed by atoms with Gasteiger partial charge in [0.25, 0.3) is 0 Å². The van der Waals surface area contributed by atoms with Gasteiger partial charge in [0, 0.05) is 11.4 Å². The SMILES string of the molecule is COc1cc(Cl)c(C=Cc2csc(N)n2)cc1OC. The number of hydrogen-bond donors (Lipinski definition) is 1. The average Bonchev–Trinajstić information content (AvgIpc) is 2.82. The van der Waals surface area contributed by atoms with Crippen LogP contribution in [-0.4, -0.2) is 19.2 Å². The van der Waals surface area contributed by atoms with Crippen molar-refractivity contribution in [2.75, 3.05) is 20.0 Å². The molecule has 0 saturated carbocycles. The molecule has 0 radical (unpaired) electrons. The molecule has 2 aromatic rings. The number of ether oxygens (including phenoxy) is 2. The molecule has 2 rings (SSSR count). The van der Waals surface area contributed by atoms with Crippen LogP contribution < -0.4 is 15.2 Å². The van der Waals surface area contributed by atoms with Gasteiger partial charge in [0.1, 0.15) is 0 Å². The van der Waals surface area contributed by atoms with E-state index in [-0.39, 0.29) is 0 Å². The summed E-state index contributed by atoms with van der Waals surface area (Å²) < 4.78 is 10.4. The lowest BCUT2D eigenvalue weighted by molar-refractivity contribution is 0.355. The zero-order chi connectivity index (χ0) is 13.8. The van der Waals surface area contributed by atoms with Gasteiger partial charge in [-0.05, 0) is 17.7 Å². The minimum absolute atomic E-state index is 0.540. The number of benzene rings is 1. The van der Waals surface area contributed by atoms with Crippen LogP contribution >= 0.6 is 22.9 Å². The van der Waals surface area contributed by atoms with Gasteiger partial charge in [-0.2, -0.15) is 0 Å². The smallest absolute Gasteiger partial charge is 0.180 e. The predicted molar refractivity (Wildman–Crippen MR) is 80.0 cm³/mol. The summed E-state index contributed by atoms with van der Waals surface area (Å²) in [5.41, 5.74) is 7.20. The van der Waals surface area contributed by atoms with Crippen molar-refractivity contribution in [2.24, 2.45) is 0 Å². The summed E-state index contributed by atoms with van der Waals surface area (Å²) in [5, 5.41) is 3.00. The second-order valence-corrected chi connectivity index (χ2v) is 4.97. The Morgan fingerprint density at radius 3 is 2.47 bits per heavy atom. The third-order valence-corrected chi connectivity index (χ3v) is 3.50. The first kappa shape index (κ1) is 13.7. The van der Waals surface area contributed by atoms with Crippen molar-refractivity contribution < 1.29 is 9.47 Å². The minimum atomic E-state index is 0.540. The molecule has 0 unspecified atom stereocenters. The third-order valence-electron chi connectivity index (χ3n) is 2.48. The Morgan fingerprint density at radius 2 is 1.89 bits per heavy atom. The standard InChI is InChI=1S/C13H13ClN2O2S/c1-17-11-5-8(10(14)6-12(11)18-2)3-4-9-7-19-13(15)16-9/h3-7H,1-2H3,(H2,15,16). The number of nitrogens with zero attached hydrogens (tertiary/aromatic N) is 1. The van der Waals surface area contributed by atoms with Gasteiger partial charge in [-0.25, -0.2) is 4.98 Å². The Hall–Kier alpha value is -1.72. The van der Waals surface area contributed by atoms with Crippen molar-refractivity contribution >= 4 is 40.2 Å². The third kappa shape index (κ3) is 3.19. The lowest BCUT2D eigenvalue weighted by Crippen LogP contribution is -1.91. The van der Waals surface area contributed by atoms with Crippen LogP contribution in [0.4, 0.5) is 5.13 Å². The van der Waals surface area contributed by atoms with E-state index in [1.807, 2.05) is 23.6 Å². The monoisotopic (exact) mass is 296 g/mol. The topological polar surface area (TPSA) is 57.4 Å². The quantitative estimate of drug-likeness (QED) is 0.937. The fourth-order valence-corrected chi connectivity index (χ4v) is 2.30. The first-order valence-corrected chi connectivity index (χ1v) is 6.70. The molecule has 0 spiro atoms. The molecular weight excluding hydrogens is 284 g/mol. The maximum atomic E-state index is 6.18. The molecule has 0 aliphatic heterocycles. The van der Waals surface area contributed by atoms with Crippen LogP contribution in [0.15, 0.2) is 17.5 Å². The lowest BCUT2D eigenvalue weighted by atomic mass is 10.1. The molecule has 0 aliphatic rings. The first-order valence-electron chi connectivity index (χ1n) is 5.44. The Labute approximate surface area is 120 Å². The molecular formula is C13H13ClN2O2S. The molecule has 0 aliphatic carbocycles. The largest absolute Gasteiger partial charge is 0.493 e. The molecule has 0 fully saturated rings. The Morgan fingerprint density at radius 1 is 1.21 bits per heavy atom. The highest BCUT2D eigenvalue weighted by Gasteiger charge is 2.08. The van der Waals surface area contributed by atoms with Gasteiger partial charge >= 0.3 is 0 Å². The van der Waals surface area contributed by atoms with E-state index >= 15 is 0 Å². The molecule has 1 heterocycles. The number of thiazole rings is 1. The van der Waals surface area contributed by atoms with Gasteiger partial charge in [0.2, 0.25) is 0 Å². The zero-order valence-electron chi connectivity index (χ0n) is 10.5. The van der Waals surface area contributed by atoms with E-state index in [2.05, 4.69) is 4.98 Å². The summed E-state index contributed by atoms with van der Waals surface area (Å²) in [5.74, 6) is 1.23. The summed E-state index contributed by atoms with van der Waals surface area (Å²) in [6.07, 6.45) is 3.71. The molecule has 1 aromatic carbocycles. The van der Waals surface area contributed by atoms with E-state index < -0.39 is 0 Å². The normalized spacial score (nSPS) is 10.9. The Kier molecular flexibility index (Phi) is 4.29. The second kappa shape index (κ2) is 5.95. The van der Waals surface area contributed by atoms with Crippen molar-refractivity contribution in [3.8, 4) is 11.5 Å². The summed E-state index contributed by atoms with van der Waals surface area (Å²) in [6.45, 7) is 0. The van der Waals surface area contributed by atoms with E-state index in [1.54, 1.807) is 20.3 Å². The Bertz CT molecular complexity index is 611. The van der Waals surface area contributed by atoms with Crippen LogP contribution in [0.5, 0.6) is 11.5 Å². The van der Waals surface area contributed by atoms with Crippen LogP contribution in [0.1, 0.15) is 11.3 Å². The zero-order valence-corrected chi connectivity index (χ0v) is 12.1. The maximum absolute atomic E-state index is 6.18. The van der Waals surface area contributed by atoms with Gasteiger partial charge in [0.15, 0.2) is 16.6 Å². The van der Waals surface area contributed by atoms with E-state index in [0.29, 0.717) is 21.7 Å². The summed E-state index contributed by atoms with van der Waals surface area (Å²) >= 11 is 7.57. The molecule has 4 nitrogen and oxygen atoms in total. The van der Waals surface area contributed by atoms with E-state index in [1.165, 1.54) is 11.3 Å². The van der Waals surface area contributed by atoms with Crippen molar-refractivity contribution in [3.63, 3.8) is 0 Å². The maximum Gasteiger partial charge on any atom is 0.180 e. The van der Waals surface area contributed by atoms with Crippen molar-refractivity contribution in [2.45, 2.75) is 0 Å². The molecule has 2 N–H and O–H groups in total. The summed E-state index contributed by atoms with van der Waals surface area (Å²) in [6, 6.07) is 3.53. The fourth-order valence-electron chi connectivity index (χ4n) is 1.55. The van der Waals surface area contributed by atoms with Crippen molar-refractivity contribution in [1.29, 1.82) is 0 Å². The van der Waals surface area contributed by atoms with Crippen LogP contribution in [0, 0.1) is 0 Å². The Balaban J connectivity index is 2.32. The van der Waals surface area contributed by atoms with Gasteiger partial charge in [-0.15, -0.1) is 11.3 Å². The summed E-state index contributed by atoms with van der Waals surface area (Å²) in [7, 11) is 3.15. The highest BCUT2D eigenvalue weighted by molar-refractivity contribution is 7.13. The van der Waals surface area contributed by atoms with E-state index in [4.69, 9.17) is 26.8 Å². The molecule has 0 bridgehead atoms. The molecule has 100 valence electrons. The van der Waals surface area contributed by atoms with Gasteiger partial charge in [0.05, 0.1) is 24.9 Å².